The molecule has 2 N–H and O–H groups in total. The van der Waals surface area contributed by atoms with E-state index >= 15 is 0 Å². The Kier molecular flexibility index (Phi) is 4.38. The highest BCUT2D eigenvalue weighted by Crippen LogP contribution is 2.22. The minimum Gasteiger partial charge on any atom is -0.338 e. The molecule has 0 saturated carbocycles. The fourth-order valence-corrected chi connectivity index (χ4v) is 3.00. The number of benzene rings is 1. The number of hydrogen-bond donors (Lipinski definition) is 1. The molecule has 2 atom stereocenters. The first-order valence-electron chi connectivity index (χ1n) is 7.91. The van der Waals surface area contributed by atoms with E-state index in [4.69, 9.17) is 5.73 Å². The lowest BCUT2D eigenvalue weighted by Gasteiger charge is -2.20. The Balaban J connectivity index is 1.67. The van der Waals surface area contributed by atoms with Crippen LogP contribution in [0.15, 0.2) is 24.3 Å². The second-order valence-corrected chi connectivity index (χ2v) is 6.24. The predicted octanol–water partition coefficient (Wildman–Crippen LogP) is 0.844. The molecular weight excluding hydrogens is 292 g/mol. The number of carbonyl (C=O) groups excluding carboxylic acids is 1. The quantitative estimate of drug-likeness (QED) is 0.903. The maximum absolute atomic E-state index is 12.4. The summed E-state index contributed by atoms with van der Waals surface area (Å²) in [6.45, 7) is 5.53. The second-order valence-electron chi connectivity index (χ2n) is 6.24. The van der Waals surface area contributed by atoms with Crippen LogP contribution in [0.3, 0.4) is 0 Å². The molecule has 0 aliphatic carbocycles. The normalized spacial score (nSPS) is 20.9. The molecule has 2 aromatic rings. The maximum Gasteiger partial charge on any atom is 0.246 e. The average molecular weight is 314 g/mol. The van der Waals surface area contributed by atoms with Crippen LogP contribution in [-0.2, 0) is 11.3 Å². The number of aryl methyl sites for hydroxylation is 1. The number of hydrogen-bond acceptors (Lipinski definition) is 5. The van der Waals surface area contributed by atoms with Crippen LogP contribution in [0.25, 0.3) is 11.4 Å². The first-order valence-corrected chi connectivity index (χ1v) is 7.91. The Labute approximate surface area is 135 Å². The summed E-state index contributed by atoms with van der Waals surface area (Å²) in [5, 5.41) is 12.3. The van der Waals surface area contributed by atoms with Crippen molar-refractivity contribution in [3.05, 3.63) is 29.8 Å². The van der Waals surface area contributed by atoms with E-state index in [1.165, 1.54) is 10.4 Å². The van der Waals surface area contributed by atoms with Crippen LogP contribution in [0.2, 0.25) is 0 Å². The number of likely N-dealkylation sites (tertiary alicyclic amines) is 1. The molecule has 2 heterocycles. The molecule has 7 nitrogen and oxygen atoms in total. The SMILES string of the molecule is Cc1ccc(-c2nnn(CC(=O)N3CC(CN)CC3C)n2)cc1. The van der Waals surface area contributed by atoms with Crippen molar-refractivity contribution in [1.82, 2.24) is 25.1 Å². The van der Waals surface area contributed by atoms with E-state index in [9.17, 15) is 4.79 Å². The zero-order chi connectivity index (χ0) is 16.4. The molecule has 0 radical (unpaired) electrons. The van der Waals surface area contributed by atoms with Crippen molar-refractivity contribution in [2.45, 2.75) is 32.9 Å². The van der Waals surface area contributed by atoms with E-state index in [-0.39, 0.29) is 18.5 Å². The molecule has 0 spiro atoms. The van der Waals surface area contributed by atoms with Gasteiger partial charge in [0, 0.05) is 18.2 Å². The van der Waals surface area contributed by atoms with Gasteiger partial charge in [0.1, 0.15) is 6.54 Å². The van der Waals surface area contributed by atoms with E-state index < -0.39 is 0 Å². The lowest BCUT2D eigenvalue weighted by molar-refractivity contribution is -0.132. The number of carbonyl (C=O) groups is 1. The van der Waals surface area contributed by atoms with Crippen molar-refractivity contribution in [3.63, 3.8) is 0 Å². The number of rotatable bonds is 4. The monoisotopic (exact) mass is 314 g/mol. The van der Waals surface area contributed by atoms with Gasteiger partial charge in [-0.05, 0) is 37.9 Å². The van der Waals surface area contributed by atoms with E-state index in [1.807, 2.05) is 36.1 Å². The highest BCUT2D eigenvalue weighted by molar-refractivity contribution is 5.76. The zero-order valence-corrected chi connectivity index (χ0v) is 13.5. The fourth-order valence-electron chi connectivity index (χ4n) is 3.00. The van der Waals surface area contributed by atoms with Gasteiger partial charge in [-0.2, -0.15) is 4.80 Å². The van der Waals surface area contributed by atoms with Gasteiger partial charge in [-0.1, -0.05) is 29.8 Å². The zero-order valence-electron chi connectivity index (χ0n) is 13.5. The van der Waals surface area contributed by atoms with E-state index in [2.05, 4.69) is 22.3 Å². The first-order chi connectivity index (χ1) is 11.1. The molecule has 1 fully saturated rings. The summed E-state index contributed by atoms with van der Waals surface area (Å²) in [6.07, 6.45) is 0.960. The van der Waals surface area contributed by atoms with Gasteiger partial charge in [0.05, 0.1) is 0 Å². The lowest BCUT2D eigenvalue weighted by Crippen LogP contribution is -2.37. The molecule has 2 unspecified atom stereocenters. The van der Waals surface area contributed by atoms with Gasteiger partial charge in [0.2, 0.25) is 11.7 Å². The van der Waals surface area contributed by atoms with E-state index in [0.717, 1.165) is 18.5 Å². The van der Waals surface area contributed by atoms with Crippen LogP contribution in [0.4, 0.5) is 0 Å². The van der Waals surface area contributed by atoms with Crippen LogP contribution >= 0.6 is 0 Å². The Bertz CT molecular complexity index is 680. The Morgan fingerprint density at radius 3 is 2.74 bits per heavy atom. The summed E-state index contributed by atoms with van der Waals surface area (Å²) < 4.78 is 0. The Morgan fingerprint density at radius 1 is 1.35 bits per heavy atom. The van der Waals surface area contributed by atoms with Crippen molar-refractivity contribution < 1.29 is 4.79 Å². The molecule has 7 heteroatoms. The second kappa shape index (κ2) is 6.45. The average Bonchev–Trinajstić information content (AvgIpc) is 3.14. The Morgan fingerprint density at radius 2 is 2.09 bits per heavy atom. The summed E-state index contributed by atoms with van der Waals surface area (Å²) in [7, 11) is 0. The number of nitrogens with zero attached hydrogens (tertiary/aromatic N) is 5. The van der Waals surface area contributed by atoms with Gasteiger partial charge in [-0.3, -0.25) is 4.79 Å². The molecule has 1 aromatic heterocycles. The molecule has 1 aliphatic heterocycles. The van der Waals surface area contributed by atoms with Crippen molar-refractivity contribution in [2.75, 3.05) is 13.1 Å². The van der Waals surface area contributed by atoms with Crippen LogP contribution in [0.1, 0.15) is 18.9 Å². The third kappa shape index (κ3) is 3.39. The van der Waals surface area contributed by atoms with Gasteiger partial charge < -0.3 is 10.6 Å². The summed E-state index contributed by atoms with van der Waals surface area (Å²) >= 11 is 0. The molecule has 122 valence electrons. The minimum absolute atomic E-state index is 0.0151. The van der Waals surface area contributed by atoms with E-state index in [0.29, 0.717) is 18.3 Å². The molecular formula is C16H22N6O. The summed E-state index contributed by atoms with van der Waals surface area (Å²) in [4.78, 5) is 15.7. The predicted molar refractivity (Wildman–Crippen MR) is 86.3 cm³/mol. The number of amides is 1. The van der Waals surface area contributed by atoms with Crippen LogP contribution in [-0.4, -0.2) is 50.1 Å². The molecule has 23 heavy (non-hydrogen) atoms. The maximum atomic E-state index is 12.4. The molecule has 3 rings (SSSR count). The summed E-state index contributed by atoms with van der Waals surface area (Å²) in [6, 6.07) is 8.12. The van der Waals surface area contributed by atoms with Gasteiger partial charge in [0.15, 0.2) is 0 Å². The molecule has 1 amide bonds. The van der Waals surface area contributed by atoms with Gasteiger partial charge in [-0.15, -0.1) is 10.2 Å². The van der Waals surface area contributed by atoms with Gasteiger partial charge in [-0.25, -0.2) is 0 Å². The lowest BCUT2D eigenvalue weighted by atomic mass is 10.1. The third-order valence-corrected chi connectivity index (χ3v) is 4.35. The van der Waals surface area contributed by atoms with Gasteiger partial charge >= 0.3 is 0 Å². The van der Waals surface area contributed by atoms with Crippen LogP contribution < -0.4 is 5.73 Å². The van der Waals surface area contributed by atoms with Crippen LogP contribution in [0, 0.1) is 12.8 Å². The van der Waals surface area contributed by atoms with Crippen molar-refractivity contribution in [3.8, 4) is 11.4 Å². The van der Waals surface area contributed by atoms with Crippen molar-refractivity contribution in [1.29, 1.82) is 0 Å². The number of nitrogens with two attached hydrogens (primary N) is 1. The highest BCUT2D eigenvalue weighted by Gasteiger charge is 2.31. The molecule has 0 bridgehead atoms. The molecule has 1 aliphatic rings. The van der Waals surface area contributed by atoms with Crippen molar-refractivity contribution >= 4 is 5.91 Å². The highest BCUT2D eigenvalue weighted by atomic mass is 16.2. The first kappa shape index (κ1) is 15.6. The van der Waals surface area contributed by atoms with Crippen LogP contribution in [0.5, 0.6) is 0 Å². The number of aromatic nitrogens is 4. The third-order valence-electron chi connectivity index (χ3n) is 4.35. The minimum atomic E-state index is 0.0151. The standard InChI is InChI=1S/C16H22N6O/c1-11-3-5-14(6-4-11)16-18-20-22(19-16)10-15(23)21-9-13(8-17)7-12(21)2/h3-6,12-13H,7-10,17H2,1-2H3. The topological polar surface area (TPSA) is 89.9 Å². The number of tetrazole rings is 1. The smallest absolute Gasteiger partial charge is 0.246 e. The fraction of sp³-hybridized carbons (Fsp3) is 0.500. The van der Waals surface area contributed by atoms with E-state index in [1.54, 1.807) is 0 Å². The molecule has 1 saturated heterocycles. The largest absolute Gasteiger partial charge is 0.338 e. The Hall–Kier alpha value is -2.28. The van der Waals surface area contributed by atoms with Gasteiger partial charge in [0.25, 0.3) is 0 Å². The van der Waals surface area contributed by atoms with Crippen molar-refractivity contribution in [2.24, 2.45) is 11.7 Å². The summed E-state index contributed by atoms with van der Waals surface area (Å²) in [5.41, 5.74) is 7.78. The molecule has 1 aromatic carbocycles. The summed E-state index contributed by atoms with van der Waals surface area (Å²) in [5.74, 6) is 0.939.